The molecule has 1 amide bonds. The summed E-state index contributed by atoms with van der Waals surface area (Å²) in [5.74, 6) is 0.460. The fraction of sp³-hybridized carbons (Fsp3) is 0.333. The second-order valence-corrected chi connectivity index (χ2v) is 6.25. The first-order chi connectivity index (χ1) is 14.9. The molecule has 2 rings (SSSR count). The van der Waals surface area contributed by atoms with Crippen LogP contribution in [-0.2, 0) is 6.54 Å². The third-order valence-electron chi connectivity index (χ3n) is 4.09. The monoisotopic (exact) mass is 436 g/mol. The van der Waals surface area contributed by atoms with Gasteiger partial charge in [-0.15, -0.1) is 0 Å². The number of amides is 1. The summed E-state index contributed by atoms with van der Waals surface area (Å²) in [7, 11) is 1.48. The van der Waals surface area contributed by atoms with Gasteiger partial charge in [-0.25, -0.2) is 4.99 Å². The van der Waals surface area contributed by atoms with Crippen LogP contribution in [0.15, 0.2) is 47.5 Å². The van der Waals surface area contributed by atoms with Gasteiger partial charge in [-0.2, -0.15) is 8.78 Å². The number of hydrogen-bond donors (Lipinski definition) is 4. The molecule has 0 radical (unpaired) electrons. The third-order valence-corrected chi connectivity index (χ3v) is 4.09. The van der Waals surface area contributed by atoms with E-state index in [4.69, 9.17) is 4.74 Å². The number of aliphatic imine (C=N–C) groups is 1. The second kappa shape index (κ2) is 12.2. The maximum atomic E-state index is 12.7. The molecule has 4 N–H and O–H groups in total. The number of carbonyl (C=O) groups is 1. The van der Waals surface area contributed by atoms with E-state index in [0.29, 0.717) is 30.4 Å². The van der Waals surface area contributed by atoms with Crippen molar-refractivity contribution in [2.45, 2.75) is 20.1 Å². The zero-order valence-corrected chi connectivity index (χ0v) is 17.3. The number of rotatable bonds is 10. The van der Waals surface area contributed by atoms with Gasteiger partial charge in [0.05, 0.1) is 19.2 Å². The average Bonchev–Trinajstić information content (AvgIpc) is 2.75. The molecule has 0 aliphatic rings. The van der Waals surface area contributed by atoms with E-state index >= 15 is 0 Å². The Labute approximate surface area is 179 Å². The number of phenolic OH excluding ortho intramolecular Hbond substituents is 1. The summed E-state index contributed by atoms with van der Waals surface area (Å²) in [5.41, 5.74) is 0.623. The lowest BCUT2D eigenvalue weighted by molar-refractivity contribution is -0.0504. The zero-order valence-electron chi connectivity index (χ0n) is 17.3. The highest BCUT2D eigenvalue weighted by molar-refractivity contribution is 5.96. The van der Waals surface area contributed by atoms with Crippen molar-refractivity contribution in [1.82, 2.24) is 16.0 Å². The maximum Gasteiger partial charge on any atom is 0.387 e. The Morgan fingerprint density at radius 2 is 1.87 bits per heavy atom. The number of methoxy groups -OCH3 is 1. The number of guanidine groups is 1. The largest absolute Gasteiger partial charge is 0.507 e. The minimum absolute atomic E-state index is 0.0188. The number of hydrogen-bond acceptors (Lipinski definition) is 5. The molecular formula is C21H26F2N4O4. The molecule has 2 aromatic rings. The van der Waals surface area contributed by atoms with E-state index < -0.39 is 12.5 Å². The summed E-state index contributed by atoms with van der Waals surface area (Å²) < 4.78 is 35.0. The van der Waals surface area contributed by atoms with E-state index in [0.717, 1.165) is 0 Å². The van der Waals surface area contributed by atoms with Gasteiger partial charge in [0.15, 0.2) is 5.96 Å². The molecule has 0 unspecified atom stereocenters. The number of nitrogens with zero attached hydrogens (tertiary/aromatic N) is 1. The number of halogens is 2. The molecule has 0 aromatic heterocycles. The van der Waals surface area contributed by atoms with Crippen LogP contribution in [0.25, 0.3) is 0 Å². The second-order valence-electron chi connectivity index (χ2n) is 6.25. The van der Waals surface area contributed by atoms with Crippen molar-refractivity contribution in [3.8, 4) is 17.2 Å². The molecular weight excluding hydrogens is 410 g/mol. The smallest absolute Gasteiger partial charge is 0.387 e. The van der Waals surface area contributed by atoms with Gasteiger partial charge in [-0.1, -0.05) is 12.1 Å². The number of para-hydroxylation sites is 1. The van der Waals surface area contributed by atoms with Gasteiger partial charge < -0.3 is 30.5 Å². The van der Waals surface area contributed by atoms with Crippen molar-refractivity contribution in [2.75, 3.05) is 26.7 Å². The topological polar surface area (TPSA) is 104 Å². The SMILES string of the molecule is CCNC(=NCc1cc(OC)ccc1OC(F)F)NCCNC(=O)c1ccccc1O. The number of carbonyl (C=O) groups excluding carboxylic acids is 1. The molecule has 2 aromatic carbocycles. The molecule has 0 saturated heterocycles. The average molecular weight is 436 g/mol. The van der Waals surface area contributed by atoms with Crippen molar-refractivity contribution in [2.24, 2.45) is 4.99 Å². The number of benzene rings is 2. The first-order valence-electron chi connectivity index (χ1n) is 9.64. The Kier molecular flexibility index (Phi) is 9.34. The quantitative estimate of drug-likeness (QED) is 0.259. The van der Waals surface area contributed by atoms with Gasteiger partial charge in [0.1, 0.15) is 17.2 Å². The minimum atomic E-state index is -2.95. The molecule has 8 nitrogen and oxygen atoms in total. The van der Waals surface area contributed by atoms with E-state index in [-0.39, 0.29) is 30.2 Å². The lowest BCUT2D eigenvalue weighted by atomic mass is 10.2. The highest BCUT2D eigenvalue weighted by Crippen LogP contribution is 2.26. The number of phenols is 1. The van der Waals surface area contributed by atoms with Crippen LogP contribution in [0.4, 0.5) is 8.78 Å². The summed E-state index contributed by atoms with van der Waals surface area (Å²) in [6.45, 7) is 0.205. The van der Waals surface area contributed by atoms with Gasteiger partial charge in [-0.3, -0.25) is 4.79 Å². The van der Waals surface area contributed by atoms with Crippen molar-refractivity contribution < 1.29 is 28.2 Å². The fourth-order valence-corrected chi connectivity index (χ4v) is 2.64. The number of alkyl halides is 2. The van der Waals surface area contributed by atoms with Crippen LogP contribution in [0.2, 0.25) is 0 Å². The predicted molar refractivity (Wildman–Crippen MR) is 113 cm³/mol. The summed E-state index contributed by atoms with van der Waals surface area (Å²) in [4.78, 5) is 16.5. The van der Waals surface area contributed by atoms with Crippen LogP contribution < -0.4 is 25.4 Å². The number of aromatic hydroxyl groups is 1. The summed E-state index contributed by atoms with van der Waals surface area (Å²) in [6, 6.07) is 10.8. The molecule has 0 aliphatic heterocycles. The van der Waals surface area contributed by atoms with Crippen molar-refractivity contribution in [3.63, 3.8) is 0 Å². The summed E-state index contributed by atoms with van der Waals surface area (Å²) in [6.07, 6.45) is 0. The van der Waals surface area contributed by atoms with Gasteiger partial charge in [0.25, 0.3) is 5.91 Å². The predicted octanol–water partition coefficient (Wildman–Crippen LogP) is 2.49. The van der Waals surface area contributed by atoms with Crippen LogP contribution in [0.1, 0.15) is 22.8 Å². The molecule has 0 saturated carbocycles. The molecule has 168 valence electrons. The lowest BCUT2D eigenvalue weighted by Gasteiger charge is -2.14. The van der Waals surface area contributed by atoms with Crippen molar-refractivity contribution in [3.05, 3.63) is 53.6 Å². The first-order valence-corrected chi connectivity index (χ1v) is 9.64. The number of nitrogens with one attached hydrogen (secondary N) is 3. The standard InChI is InChI=1S/C21H26F2N4O4/c1-3-24-21(26-11-10-25-19(29)16-6-4-5-7-17(16)28)27-13-14-12-15(30-2)8-9-18(14)31-20(22)23/h4-9,12,20,28H,3,10-11,13H2,1-2H3,(H,25,29)(H2,24,26,27). The van der Waals surface area contributed by atoms with E-state index in [2.05, 4.69) is 25.7 Å². The molecule has 0 spiro atoms. The summed E-state index contributed by atoms with van der Waals surface area (Å²) >= 11 is 0. The van der Waals surface area contributed by atoms with Crippen molar-refractivity contribution >= 4 is 11.9 Å². The van der Waals surface area contributed by atoms with Gasteiger partial charge >= 0.3 is 6.61 Å². The van der Waals surface area contributed by atoms with Crippen LogP contribution in [-0.4, -0.2) is 50.3 Å². The molecule has 0 bridgehead atoms. The fourth-order valence-electron chi connectivity index (χ4n) is 2.64. The van der Waals surface area contributed by atoms with E-state index in [1.807, 2.05) is 6.92 Å². The highest BCUT2D eigenvalue weighted by atomic mass is 19.3. The Morgan fingerprint density at radius 3 is 2.55 bits per heavy atom. The number of ether oxygens (including phenoxy) is 2. The van der Waals surface area contributed by atoms with E-state index in [9.17, 15) is 18.7 Å². The molecule has 0 fully saturated rings. The minimum Gasteiger partial charge on any atom is -0.507 e. The molecule has 31 heavy (non-hydrogen) atoms. The summed E-state index contributed by atoms with van der Waals surface area (Å²) in [5, 5.41) is 18.5. The van der Waals surface area contributed by atoms with Crippen LogP contribution in [0.3, 0.4) is 0 Å². The van der Waals surface area contributed by atoms with Gasteiger partial charge in [0, 0.05) is 25.2 Å². The molecule has 0 heterocycles. The Morgan fingerprint density at radius 1 is 1.13 bits per heavy atom. The van der Waals surface area contributed by atoms with Crippen LogP contribution in [0, 0.1) is 0 Å². The van der Waals surface area contributed by atoms with Gasteiger partial charge in [-0.05, 0) is 37.3 Å². The maximum absolute atomic E-state index is 12.7. The third kappa shape index (κ3) is 7.65. The van der Waals surface area contributed by atoms with Crippen LogP contribution in [0.5, 0.6) is 17.2 Å². The van der Waals surface area contributed by atoms with E-state index in [1.54, 1.807) is 18.2 Å². The molecule has 0 atom stereocenters. The molecule has 0 aliphatic carbocycles. The Bertz CT molecular complexity index is 893. The zero-order chi connectivity index (χ0) is 22.6. The van der Waals surface area contributed by atoms with Crippen molar-refractivity contribution in [1.29, 1.82) is 0 Å². The Balaban J connectivity index is 1.96. The highest BCUT2D eigenvalue weighted by Gasteiger charge is 2.12. The van der Waals surface area contributed by atoms with E-state index in [1.165, 1.54) is 31.4 Å². The normalized spacial score (nSPS) is 11.2. The first kappa shape index (κ1) is 23.7. The molecule has 10 heteroatoms. The Hall–Kier alpha value is -3.56. The lowest BCUT2D eigenvalue weighted by Crippen LogP contribution is -2.41. The van der Waals surface area contributed by atoms with Crippen LogP contribution >= 0.6 is 0 Å². The van der Waals surface area contributed by atoms with Gasteiger partial charge in [0.2, 0.25) is 0 Å².